The van der Waals surface area contributed by atoms with E-state index in [2.05, 4.69) is 15.5 Å². The molecule has 1 amide bonds. The van der Waals surface area contributed by atoms with E-state index in [0.717, 1.165) is 16.7 Å². The van der Waals surface area contributed by atoms with E-state index in [0.29, 0.717) is 33.1 Å². The second kappa shape index (κ2) is 8.69. The lowest BCUT2D eigenvalue weighted by molar-refractivity contribution is -0.115. The molecule has 0 aliphatic rings. The van der Waals surface area contributed by atoms with Gasteiger partial charge in [-0.15, -0.1) is 11.3 Å². The average Bonchev–Trinajstić information content (AvgIpc) is 3.38. The number of amides is 1. The number of methoxy groups -OCH3 is 1. The zero-order valence-electron chi connectivity index (χ0n) is 16.3. The maximum absolute atomic E-state index is 12.5. The number of aryl methyl sites for hydroxylation is 1. The summed E-state index contributed by atoms with van der Waals surface area (Å²) in [4.78, 5) is 17.7. The Balaban J connectivity index is 1.49. The molecule has 2 heterocycles. The molecule has 0 spiro atoms. The van der Waals surface area contributed by atoms with E-state index < -0.39 is 0 Å². The first-order valence-electron chi connectivity index (χ1n) is 9.14. The SMILES string of the molecule is COc1ccc(CC(=O)Nc2ccsc2-c2nc(-c3ccc(C)cc3)no2)cc1Cl. The van der Waals surface area contributed by atoms with Crippen LogP contribution in [0.3, 0.4) is 0 Å². The Morgan fingerprint density at radius 1 is 1.20 bits per heavy atom. The Kier molecular flexibility index (Phi) is 5.83. The van der Waals surface area contributed by atoms with Gasteiger partial charge in [0.05, 0.1) is 24.2 Å². The standard InChI is InChI=1S/C22H18ClN3O3S/c1-13-3-6-15(7-4-13)21-25-22(29-26-21)20-17(9-10-30-20)24-19(27)12-14-5-8-18(28-2)16(23)11-14/h3-11H,12H2,1-2H3,(H,24,27). The van der Waals surface area contributed by atoms with Crippen molar-refractivity contribution in [3.63, 3.8) is 0 Å². The fraction of sp³-hybridized carbons (Fsp3) is 0.136. The van der Waals surface area contributed by atoms with Gasteiger partial charge in [-0.2, -0.15) is 4.98 Å². The van der Waals surface area contributed by atoms with Gasteiger partial charge in [0, 0.05) is 5.56 Å². The number of nitrogens with one attached hydrogen (secondary N) is 1. The first-order chi connectivity index (χ1) is 14.5. The molecule has 0 saturated carbocycles. The number of carbonyl (C=O) groups is 1. The molecular weight excluding hydrogens is 422 g/mol. The van der Waals surface area contributed by atoms with Crippen molar-refractivity contribution in [1.29, 1.82) is 0 Å². The lowest BCUT2D eigenvalue weighted by Gasteiger charge is -2.07. The van der Waals surface area contributed by atoms with Crippen LogP contribution < -0.4 is 10.1 Å². The van der Waals surface area contributed by atoms with Crippen LogP contribution in [0.2, 0.25) is 5.02 Å². The van der Waals surface area contributed by atoms with Crippen LogP contribution in [0.5, 0.6) is 5.75 Å². The predicted molar refractivity (Wildman–Crippen MR) is 118 cm³/mol. The van der Waals surface area contributed by atoms with E-state index >= 15 is 0 Å². The fourth-order valence-corrected chi connectivity index (χ4v) is 3.96. The molecule has 30 heavy (non-hydrogen) atoms. The van der Waals surface area contributed by atoms with Gasteiger partial charge in [0.1, 0.15) is 10.6 Å². The quantitative estimate of drug-likeness (QED) is 0.422. The number of anilines is 1. The number of carbonyl (C=O) groups excluding carboxylic acids is 1. The highest BCUT2D eigenvalue weighted by molar-refractivity contribution is 7.14. The number of aromatic nitrogens is 2. The molecule has 0 atom stereocenters. The van der Waals surface area contributed by atoms with Crippen LogP contribution in [0, 0.1) is 6.92 Å². The highest BCUT2D eigenvalue weighted by Gasteiger charge is 2.17. The van der Waals surface area contributed by atoms with Gasteiger partial charge in [0.2, 0.25) is 11.7 Å². The molecule has 8 heteroatoms. The molecule has 0 fully saturated rings. The van der Waals surface area contributed by atoms with Gasteiger partial charge in [0.25, 0.3) is 5.89 Å². The first kappa shape index (κ1) is 20.1. The first-order valence-corrected chi connectivity index (χ1v) is 10.4. The van der Waals surface area contributed by atoms with E-state index in [1.165, 1.54) is 11.3 Å². The Labute approximate surface area is 182 Å². The summed E-state index contributed by atoms with van der Waals surface area (Å²) in [6.07, 6.45) is 0.178. The average molecular weight is 440 g/mol. The summed E-state index contributed by atoms with van der Waals surface area (Å²) in [5.41, 5.74) is 3.44. The molecule has 0 bridgehead atoms. The number of hydrogen-bond donors (Lipinski definition) is 1. The molecule has 0 saturated heterocycles. The fourth-order valence-electron chi connectivity index (χ4n) is 2.91. The summed E-state index contributed by atoms with van der Waals surface area (Å²) in [5, 5.41) is 9.31. The van der Waals surface area contributed by atoms with E-state index in [4.69, 9.17) is 20.9 Å². The van der Waals surface area contributed by atoms with Gasteiger partial charge in [-0.3, -0.25) is 4.79 Å². The van der Waals surface area contributed by atoms with Crippen LogP contribution in [0.1, 0.15) is 11.1 Å². The molecule has 0 aliphatic heterocycles. The van der Waals surface area contributed by atoms with E-state index in [1.807, 2.05) is 48.7 Å². The molecule has 6 nitrogen and oxygen atoms in total. The maximum Gasteiger partial charge on any atom is 0.270 e. The van der Waals surface area contributed by atoms with Crippen molar-refractivity contribution in [2.24, 2.45) is 0 Å². The Morgan fingerprint density at radius 3 is 2.73 bits per heavy atom. The van der Waals surface area contributed by atoms with Crippen molar-refractivity contribution < 1.29 is 14.1 Å². The van der Waals surface area contributed by atoms with Crippen molar-refractivity contribution in [1.82, 2.24) is 10.1 Å². The number of ether oxygens (including phenoxy) is 1. The van der Waals surface area contributed by atoms with Crippen molar-refractivity contribution in [2.45, 2.75) is 13.3 Å². The number of benzene rings is 2. The number of nitrogens with zero attached hydrogens (tertiary/aromatic N) is 2. The summed E-state index contributed by atoms with van der Waals surface area (Å²) in [6.45, 7) is 2.02. The molecule has 0 radical (unpaired) electrons. The minimum absolute atomic E-state index is 0.172. The lowest BCUT2D eigenvalue weighted by atomic mass is 10.1. The number of hydrogen-bond acceptors (Lipinski definition) is 6. The van der Waals surface area contributed by atoms with Gasteiger partial charge in [0.15, 0.2) is 0 Å². The molecule has 1 N–H and O–H groups in total. The number of thiophene rings is 1. The third-order valence-electron chi connectivity index (χ3n) is 4.45. The van der Waals surface area contributed by atoms with E-state index in [-0.39, 0.29) is 12.3 Å². The van der Waals surface area contributed by atoms with Gasteiger partial charge in [-0.1, -0.05) is 52.7 Å². The largest absolute Gasteiger partial charge is 0.495 e. The van der Waals surface area contributed by atoms with E-state index in [1.54, 1.807) is 19.2 Å². The summed E-state index contributed by atoms with van der Waals surface area (Å²) >= 11 is 7.56. The molecular formula is C22H18ClN3O3S. The summed E-state index contributed by atoms with van der Waals surface area (Å²) in [5.74, 6) is 1.27. The topological polar surface area (TPSA) is 77.2 Å². The Morgan fingerprint density at radius 2 is 2.00 bits per heavy atom. The van der Waals surface area contributed by atoms with Crippen LogP contribution in [0.25, 0.3) is 22.2 Å². The molecule has 2 aromatic heterocycles. The second-order valence-electron chi connectivity index (χ2n) is 6.65. The van der Waals surface area contributed by atoms with Crippen molar-refractivity contribution in [3.8, 4) is 27.9 Å². The predicted octanol–water partition coefficient (Wildman–Crippen LogP) is 5.62. The monoisotopic (exact) mass is 439 g/mol. The van der Waals surface area contributed by atoms with Crippen LogP contribution in [0.15, 0.2) is 58.4 Å². The number of halogens is 1. The third-order valence-corrected chi connectivity index (χ3v) is 5.65. The van der Waals surface area contributed by atoms with E-state index in [9.17, 15) is 4.79 Å². The van der Waals surface area contributed by atoms with Gasteiger partial charge < -0.3 is 14.6 Å². The zero-order valence-corrected chi connectivity index (χ0v) is 17.9. The molecule has 4 aromatic rings. The van der Waals surface area contributed by atoms with Crippen molar-refractivity contribution in [2.75, 3.05) is 12.4 Å². The third kappa shape index (κ3) is 4.37. The second-order valence-corrected chi connectivity index (χ2v) is 7.97. The van der Waals surface area contributed by atoms with Crippen LogP contribution in [-0.2, 0) is 11.2 Å². The zero-order chi connectivity index (χ0) is 21.1. The molecule has 0 aliphatic carbocycles. The minimum atomic E-state index is -0.172. The van der Waals surface area contributed by atoms with Crippen LogP contribution >= 0.6 is 22.9 Å². The van der Waals surface area contributed by atoms with Crippen molar-refractivity contribution >= 4 is 34.5 Å². The minimum Gasteiger partial charge on any atom is -0.495 e. The molecule has 4 rings (SSSR count). The van der Waals surface area contributed by atoms with Crippen LogP contribution in [-0.4, -0.2) is 23.2 Å². The van der Waals surface area contributed by atoms with Crippen molar-refractivity contribution in [3.05, 3.63) is 70.1 Å². The molecule has 2 aromatic carbocycles. The normalized spacial score (nSPS) is 10.8. The number of rotatable bonds is 6. The van der Waals surface area contributed by atoms with Gasteiger partial charge in [-0.25, -0.2) is 0 Å². The van der Waals surface area contributed by atoms with Crippen LogP contribution in [0.4, 0.5) is 5.69 Å². The lowest BCUT2D eigenvalue weighted by Crippen LogP contribution is -2.14. The van der Waals surface area contributed by atoms with Gasteiger partial charge in [-0.05, 0) is 36.1 Å². The van der Waals surface area contributed by atoms with Gasteiger partial charge >= 0.3 is 0 Å². The summed E-state index contributed by atoms with van der Waals surface area (Å²) in [6, 6.07) is 15.0. The highest BCUT2D eigenvalue weighted by atomic mass is 35.5. The summed E-state index contributed by atoms with van der Waals surface area (Å²) in [7, 11) is 1.55. The molecule has 152 valence electrons. The maximum atomic E-state index is 12.5. The Hall–Kier alpha value is -3.16. The summed E-state index contributed by atoms with van der Waals surface area (Å²) < 4.78 is 10.6. The smallest absolute Gasteiger partial charge is 0.270 e. The highest BCUT2D eigenvalue weighted by Crippen LogP contribution is 2.34. The Bertz CT molecular complexity index is 1180. The molecule has 0 unspecified atom stereocenters.